The van der Waals surface area contributed by atoms with Crippen LogP contribution in [0, 0.1) is 0 Å². The lowest BCUT2D eigenvalue weighted by Gasteiger charge is -2.34. The van der Waals surface area contributed by atoms with E-state index < -0.39 is 10.0 Å². The molecule has 1 aliphatic rings. The Labute approximate surface area is 197 Å². The second kappa shape index (κ2) is 9.24. The van der Waals surface area contributed by atoms with Crippen molar-refractivity contribution in [1.29, 1.82) is 0 Å². The molecule has 9 nitrogen and oxygen atoms in total. The third-order valence-electron chi connectivity index (χ3n) is 5.88. The molecule has 2 aromatic heterocycles. The highest BCUT2D eigenvalue weighted by Gasteiger charge is 2.23. The maximum absolute atomic E-state index is 13.0. The van der Waals surface area contributed by atoms with Crippen LogP contribution in [0.25, 0.3) is 10.9 Å². The zero-order valence-electron chi connectivity index (χ0n) is 18.4. The standard InChI is InChI=1S/C24H24N6O3S/c31-24(30-13-11-29(12-14-30)16-21-15-25-17-27-21)19-6-8-20(9-7-19)28-34(32,33)22-5-1-3-18-4-2-10-26-23(18)22/h1-10,15,17,28H,11-14,16H2,(H,25,27). The molecule has 0 spiro atoms. The molecular weight excluding hydrogens is 452 g/mol. The summed E-state index contributed by atoms with van der Waals surface area (Å²) in [7, 11) is -3.84. The van der Waals surface area contributed by atoms with Crippen molar-refractivity contribution in [2.24, 2.45) is 0 Å². The van der Waals surface area contributed by atoms with E-state index in [2.05, 4.69) is 24.6 Å². The summed E-state index contributed by atoms with van der Waals surface area (Å²) >= 11 is 0. The molecule has 0 unspecified atom stereocenters. The largest absolute Gasteiger partial charge is 0.347 e. The van der Waals surface area contributed by atoms with Gasteiger partial charge in [-0.2, -0.15) is 0 Å². The third-order valence-corrected chi connectivity index (χ3v) is 7.29. The maximum atomic E-state index is 13.0. The van der Waals surface area contributed by atoms with Crippen molar-refractivity contribution in [3.05, 3.63) is 84.6 Å². The molecule has 1 aliphatic heterocycles. The fourth-order valence-electron chi connectivity index (χ4n) is 4.09. The lowest BCUT2D eigenvalue weighted by atomic mass is 10.1. The number of nitrogens with one attached hydrogen (secondary N) is 2. The van der Waals surface area contributed by atoms with Crippen molar-refractivity contribution in [2.75, 3.05) is 30.9 Å². The van der Waals surface area contributed by atoms with E-state index in [0.29, 0.717) is 29.9 Å². The molecule has 1 amide bonds. The van der Waals surface area contributed by atoms with E-state index in [1.807, 2.05) is 23.2 Å². The number of fused-ring (bicyclic) bond motifs is 1. The molecule has 174 valence electrons. The molecule has 2 aromatic carbocycles. The minimum atomic E-state index is -3.84. The van der Waals surface area contributed by atoms with Gasteiger partial charge < -0.3 is 9.88 Å². The van der Waals surface area contributed by atoms with Gasteiger partial charge in [-0.05, 0) is 36.4 Å². The quantitative estimate of drug-likeness (QED) is 0.443. The summed E-state index contributed by atoms with van der Waals surface area (Å²) in [6.07, 6.45) is 5.04. The van der Waals surface area contributed by atoms with Crippen LogP contribution >= 0.6 is 0 Å². The lowest BCUT2D eigenvalue weighted by Crippen LogP contribution is -2.48. The summed E-state index contributed by atoms with van der Waals surface area (Å²) in [6, 6.07) is 15.1. The molecule has 5 rings (SSSR count). The van der Waals surface area contributed by atoms with Gasteiger partial charge in [0.25, 0.3) is 15.9 Å². The molecule has 0 saturated carbocycles. The average molecular weight is 477 g/mol. The molecule has 0 atom stereocenters. The molecular formula is C24H24N6O3S. The molecule has 1 saturated heterocycles. The van der Waals surface area contributed by atoms with Crippen molar-refractivity contribution in [3.63, 3.8) is 0 Å². The van der Waals surface area contributed by atoms with E-state index in [-0.39, 0.29) is 10.8 Å². The lowest BCUT2D eigenvalue weighted by molar-refractivity contribution is 0.0627. The summed E-state index contributed by atoms with van der Waals surface area (Å²) < 4.78 is 28.6. The van der Waals surface area contributed by atoms with Gasteiger partial charge in [0.15, 0.2) is 0 Å². The number of imidazole rings is 1. The molecule has 4 aromatic rings. The van der Waals surface area contributed by atoms with Crippen molar-refractivity contribution < 1.29 is 13.2 Å². The van der Waals surface area contributed by atoms with E-state index in [4.69, 9.17) is 0 Å². The SMILES string of the molecule is O=C(c1ccc(NS(=O)(=O)c2cccc3cccnc23)cc1)N1CCN(Cc2cnc[nH]2)CC1. The Kier molecular flexibility index (Phi) is 5.99. The van der Waals surface area contributed by atoms with Gasteiger partial charge in [0.05, 0.1) is 11.8 Å². The van der Waals surface area contributed by atoms with Crippen molar-refractivity contribution >= 4 is 32.5 Å². The smallest absolute Gasteiger partial charge is 0.264 e. The van der Waals surface area contributed by atoms with Crippen molar-refractivity contribution in [2.45, 2.75) is 11.4 Å². The van der Waals surface area contributed by atoms with Gasteiger partial charge in [0.1, 0.15) is 4.90 Å². The zero-order valence-corrected chi connectivity index (χ0v) is 19.2. The number of nitrogens with zero attached hydrogens (tertiary/aromatic N) is 4. The van der Waals surface area contributed by atoms with Crippen LogP contribution in [0.4, 0.5) is 5.69 Å². The predicted octanol–water partition coefficient (Wildman–Crippen LogP) is 2.72. The Morgan fingerprint density at radius 2 is 1.76 bits per heavy atom. The summed E-state index contributed by atoms with van der Waals surface area (Å²) in [5, 5.41) is 0.746. The Morgan fingerprint density at radius 3 is 2.50 bits per heavy atom. The molecule has 3 heterocycles. The number of aromatic amines is 1. The first kappa shape index (κ1) is 22.1. The molecule has 0 aliphatic carbocycles. The Bertz CT molecular complexity index is 1390. The number of benzene rings is 2. The number of rotatable bonds is 6. The number of hydrogen-bond donors (Lipinski definition) is 2. The number of amides is 1. The second-order valence-electron chi connectivity index (χ2n) is 8.16. The monoisotopic (exact) mass is 476 g/mol. The topological polar surface area (TPSA) is 111 Å². The van der Waals surface area contributed by atoms with Crippen LogP contribution in [-0.2, 0) is 16.6 Å². The minimum absolute atomic E-state index is 0.0612. The fourth-order valence-corrected chi connectivity index (χ4v) is 5.33. The van der Waals surface area contributed by atoms with Gasteiger partial charge in [0, 0.05) is 67.4 Å². The predicted molar refractivity (Wildman–Crippen MR) is 129 cm³/mol. The van der Waals surface area contributed by atoms with Crippen LogP contribution in [0.5, 0.6) is 0 Å². The Hall–Kier alpha value is -3.76. The summed E-state index contributed by atoms with van der Waals surface area (Å²) in [5.74, 6) is -0.0612. The highest BCUT2D eigenvalue weighted by atomic mass is 32.2. The highest BCUT2D eigenvalue weighted by Crippen LogP contribution is 2.23. The number of carbonyl (C=O) groups excluding carboxylic acids is 1. The first-order chi connectivity index (χ1) is 16.5. The van der Waals surface area contributed by atoms with E-state index in [1.165, 1.54) is 6.07 Å². The van der Waals surface area contributed by atoms with Gasteiger partial charge in [-0.25, -0.2) is 13.4 Å². The number of hydrogen-bond acceptors (Lipinski definition) is 6. The third kappa shape index (κ3) is 4.63. The van der Waals surface area contributed by atoms with Crippen LogP contribution in [0.1, 0.15) is 16.1 Å². The normalized spacial score (nSPS) is 14.9. The summed E-state index contributed by atoms with van der Waals surface area (Å²) in [5.41, 5.74) is 2.37. The second-order valence-corrected chi connectivity index (χ2v) is 9.81. The summed E-state index contributed by atoms with van der Waals surface area (Å²) in [4.78, 5) is 28.5. The van der Waals surface area contributed by atoms with Gasteiger partial charge in [-0.1, -0.05) is 18.2 Å². The van der Waals surface area contributed by atoms with E-state index in [9.17, 15) is 13.2 Å². The fraction of sp³-hybridized carbons (Fsp3) is 0.208. The van der Waals surface area contributed by atoms with Gasteiger partial charge >= 0.3 is 0 Å². The van der Waals surface area contributed by atoms with Crippen LogP contribution in [-0.4, -0.2) is 65.3 Å². The average Bonchev–Trinajstić information content (AvgIpc) is 3.37. The van der Waals surface area contributed by atoms with Gasteiger partial charge in [-0.3, -0.25) is 19.4 Å². The van der Waals surface area contributed by atoms with E-state index in [1.54, 1.807) is 48.9 Å². The van der Waals surface area contributed by atoms with Crippen LogP contribution in [0.2, 0.25) is 0 Å². The summed E-state index contributed by atoms with van der Waals surface area (Å²) in [6.45, 7) is 3.61. The maximum Gasteiger partial charge on any atom is 0.264 e. The molecule has 1 fully saturated rings. The molecule has 10 heteroatoms. The van der Waals surface area contributed by atoms with Gasteiger partial charge in [0.2, 0.25) is 0 Å². The van der Waals surface area contributed by atoms with Crippen LogP contribution < -0.4 is 4.72 Å². The highest BCUT2D eigenvalue weighted by molar-refractivity contribution is 7.93. The molecule has 0 bridgehead atoms. The first-order valence-electron chi connectivity index (χ1n) is 11.0. The number of anilines is 1. The first-order valence-corrected chi connectivity index (χ1v) is 12.4. The number of para-hydroxylation sites is 1. The van der Waals surface area contributed by atoms with E-state index in [0.717, 1.165) is 30.7 Å². The van der Waals surface area contributed by atoms with E-state index >= 15 is 0 Å². The van der Waals surface area contributed by atoms with Crippen molar-refractivity contribution in [1.82, 2.24) is 24.8 Å². The zero-order chi connectivity index (χ0) is 23.5. The number of pyridine rings is 1. The Morgan fingerprint density at radius 1 is 1.00 bits per heavy atom. The van der Waals surface area contributed by atoms with Gasteiger partial charge in [-0.15, -0.1) is 0 Å². The van der Waals surface area contributed by atoms with Crippen LogP contribution in [0.15, 0.2) is 78.2 Å². The number of carbonyl (C=O) groups is 1. The number of aromatic nitrogens is 3. The minimum Gasteiger partial charge on any atom is -0.347 e. The number of sulfonamides is 1. The number of piperazine rings is 1. The van der Waals surface area contributed by atoms with Crippen LogP contribution in [0.3, 0.4) is 0 Å². The van der Waals surface area contributed by atoms with Crippen molar-refractivity contribution in [3.8, 4) is 0 Å². The molecule has 34 heavy (non-hydrogen) atoms. The molecule has 0 radical (unpaired) electrons. The number of H-pyrrole nitrogens is 1. The Balaban J connectivity index is 1.23. The molecule has 2 N–H and O–H groups in total.